The van der Waals surface area contributed by atoms with E-state index in [4.69, 9.17) is 14.4 Å². The van der Waals surface area contributed by atoms with Gasteiger partial charge in [0.1, 0.15) is 17.2 Å². The maximum atomic E-state index is 12.2. The van der Waals surface area contributed by atoms with Crippen LogP contribution in [0.2, 0.25) is 0 Å². The fourth-order valence-corrected chi connectivity index (χ4v) is 6.82. The second-order valence-corrected chi connectivity index (χ2v) is 14.5. The molecule has 0 fully saturated rings. The molecule has 2 aromatic heterocycles. The number of para-hydroxylation sites is 1. The normalized spacial score (nSPS) is 12.2. The molecule has 0 aliphatic rings. The average Bonchev–Trinajstić information content (AvgIpc) is 3.58. The van der Waals surface area contributed by atoms with Crippen molar-refractivity contribution in [1.29, 1.82) is 0 Å². The van der Waals surface area contributed by atoms with Crippen LogP contribution in [0.4, 0.5) is 0 Å². The van der Waals surface area contributed by atoms with Gasteiger partial charge in [0, 0.05) is 53.5 Å². The van der Waals surface area contributed by atoms with Crippen molar-refractivity contribution in [3.05, 3.63) is 120 Å². The third-order valence-electron chi connectivity index (χ3n) is 11.4. The summed E-state index contributed by atoms with van der Waals surface area (Å²) in [4.78, 5) is 21.9. The molecule has 7 rings (SSSR count). The first kappa shape index (κ1) is 39.6. The van der Waals surface area contributed by atoms with Gasteiger partial charge < -0.3 is 9.52 Å². The Hall–Kier alpha value is -4.64. The number of hydrogen-bond donors (Lipinski definition) is 1. The van der Waals surface area contributed by atoms with E-state index < -0.39 is 0 Å². The van der Waals surface area contributed by atoms with Crippen molar-refractivity contribution in [3.63, 3.8) is 0 Å². The largest absolute Gasteiger partial charge is 0.512 e. The van der Waals surface area contributed by atoms with E-state index in [2.05, 4.69) is 73.7 Å². The Bertz CT molecular complexity index is 2440. The number of nitrogens with zero attached hydrogens (tertiary/aromatic N) is 2. The number of ketones is 1. The second kappa shape index (κ2) is 16.2. The molecule has 0 bridgehead atoms. The molecule has 275 valence electrons. The zero-order valence-corrected chi connectivity index (χ0v) is 34.5. The molecule has 53 heavy (non-hydrogen) atoms. The molecule has 1 N–H and O–H groups in total. The van der Waals surface area contributed by atoms with Crippen molar-refractivity contribution in [2.75, 3.05) is 0 Å². The van der Waals surface area contributed by atoms with Gasteiger partial charge in [0.15, 0.2) is 5.78 Å². The van der Waals surface area contributed by atoms with E-state index in [-0.39, 0.29) is 42.5 Å². The van der Waals surface area contributed by atoms with E-state index in [1.165, 1.54) is 17.2 Å². The number of carbonyl (C=O) groups is 1. The molecular formula is C47H49IrN2O3-. The van der Waals surface area contributed by atoms with Crippen LogP contribution >= 0.6 is 0 Å². The fourth-order valence-electron chi connectivity index (χ4n) is 6.82. The first-order chi connectivity index (χ1) is 25.0. The van der Waals surface area contributed by atoms with E-state index in [0.29, 0.717) is 0 Å². The maximum absolute atomic E-state index is 12.2. The number of benzene rings is 5. The minimum atomic E-state index is -0.337. The number of furan rings is 1. The first-order valence-corrected chi connectivity index (χ1v) is 18.5. The van der Waals surface area contributed by atoms with E-state index in [1.807, 2.05) is 78.8 Å². The molecule has 0 aliphatic heterocycles. The number of hydrogen-bond acceptors (Lipinski definition) is 5. The SMILES string of the molecule is CCC(C)(CC)C(=O)/C=C(\O)C(C)(CC)CC.Cc1nc(-c2[c-]cc(C)c3c2oc2ccccc23)c2ccc3cc(-c4ccccc4)ccc3c2n1.[Ir]. The van der Waals surface area contributed by atoms with E-state index in [0.717, 1.165) is 91.9 Å². The maximum Gasteiger partial charge on any atom is 0.164 e. The number of allylic oxidation sites excluding steroid dienone is 2. The second-order valence-electron chi connectivity index (χ2n) is 14.5. The summed E-state index contributed by atoms with van der Waals surface area (Å²) in [6.45, 7) is 16.1. The Labute approximate surface area is 326 Å². The predicted molar refractivity (Wildman–Crippen MR) is 217 cm³/mol. The minimum Gasteiger partial charge on any atom is -0.512 e. The van der Waals surface area contributed by atoms with Gasteiger partial charge in [-0.1, -0.05) is 132 Å². The van der Waals surface area contributed by atoms with Crippen molar-refractivity contribution in [3.8, 4) is 22.4 Å². The Kier molecular flexibility index (Phi) is 12.1. The van der Waals surface area contributed by atoms with Crippen LogP contribution in [-0.4, -0.2) is 20.9 Å². The molecule has 5 aromatic carbocycles. The summed E-state index contributed by atoms with van der Waals surface area (Å²) in [6, 6.07) is 35.0. The summed E-state index contributed by atoms with van der Waals surface area (Å²) in [5, 5.41) is 15.6. The van der Waals surface area contributed by atoms with Gasteiger partial charge in [-0.2, -0.15) is 0 Å². The summed E-state index contributed by atoms with van der Waals surface area (Å²) in [5.74, 6) is 1.01. The first-order valence-electron chi connectivity index (χ1n) is 18.5. The number of aliphatic hydroxyl groups excluding tert-OH is 1. The summed E-state index contributed by atoms with van der Waals surface area (Å²) < 4.78 is 6.37. The van der Waals surface area contributed by atoms with Crippen LogP contribution in [0.25, 0.3) is 66.0 Å². The number of rotatable bonds is 9. The van der Waals surface area contributed by atoms with Gasteiger partial charge in [-0.3, -0.25) is 9.78 Å². The van der Waals surface area contributed by atoms with Gasteiger partial charge in [0.05, 0.1) is 11.1 Å². The van der Waals surface area contributed by atoms with Crippen LogP contribution in [0, 0.1) is 30.7 Å². The molecule has 5 nitrogen and oxygen atoms in total. The Morgan fingerprint density at radius 1 is 0.774 bits per heavy atom. The monoisotopic (exact) mass is 882 g/mol. The molecule has 0 saturated carbocycles. The number of aliphatic hydroxyl groups is 1. The molecule has 6 heteroatoms. The van der Waals surface area contributed by atoms with Gasteiger partial charge in [0.25, 0.3) is 0 Å². The summed E-state index contributed by atoms with van der Waals surface area (Å²) in [5.41, 5.74) is 7.31. The summed E-state index contributed by atoms with van der Waals surface area (Å²) >= 11 is 0. The molecule has 0 atom stereocenters. The average molecular weight is 882 g/mol. The molecule has 0 saturated heterocycles. The smallest absolute Gasteiger partial charge is 0.164 e. The molecule has 7 aromatic rings. The van der Waals surface area contributed by atoms with Gasteiger partial charge in [-0.25, -0.2) is 4.98 Å². The van der Waals surface area contributed by atoms with Crippen LogP contribution < -0.4 is 0 Å². The number of aromatic nitrogens is 2. The number of carbonyl (C=O) groups excluding carboxylic acids is 1. The van der Waals surface area contributed by atoms with Crippen LogP contribution in [0.5, 0.6) is 0 Å². The van der Waals surface area contributed by atoms with Gasteiger partial charge >= 0.3 is 0 Å². The van der Waals surface area contributed by atoms with Crippen molar-refractivity contribution < 1.29 is 34.4 Å². The molecular weight excluding hydrogens is 833 g/mol. The van der Waals surface area contributed by atoms with Crippen molar-refractivity contribution in [2.45, 2.75) is 81.1 Å². The molecule has 0 amide bonds. The Morgan fingerprint density at radius 3 is 2.09 bits per heavy atom. The topological polar surface area (TPSA) is 76.2 Å². The Morgan fingerprint density at radius 2 is 1.42 bits per heavy atom. The molecule has 1 radical (unpaired) electrons. The molecule has 0 unspecified atom stereocenters. The molecule has 0 aliphatic carbocycles. The van der Waals surface area contributed by atoms with Gasteiger partial charge in [-0.15, -0.1) is 17.7 Å². The van der Waals surface area contributed by atoms with Crippen LogP contribution in [0.3, 0.4) is 0 Å². The summed E-state index contributed by atoms with van der Waals surface area (Å²) in [7, 11) is 0. The van der Waals surface area contributed by atoms with Crippen molar-refractivity contribution in [2.24, 2.45) is 10.8 Å². The van der Waals surface area contributed by atoms with Crippen molar-refractivity contribution >= 4 is 49.4 Å². The standard InChI is InChI=1S/C32H21N2O.C15H28O2.Ir/c1-19-12-15-27(32-29(19)25-10-6-7-11-28(25)35-32)31-26-17-14-23-18-22(21-8-4-3-5-9-21)13-16-24(23)30(26)33-20(2)34-31;1-7-14(5,8-2)12(16)11-13(17)15(6,9-3)10-4;/h3-14,16-18H,1-2H3;11,16H,7-10H2,1-6H3;/q-1;;/b;12-11-;. The van der Waals surface area contributed by atoms with Gasteiger partial charge in [0.2, 0.25) is 0 Å². The zero-order chi connectivity index (χ0) is 37.2. The third-order valence-corrected chi connectivity index (χ3v) is 11.4. The van der Waals surface area contributed by atoms with Crippen LogP contribution in [0.1, 0.15) is 78.6 Å². The van der Waals surface area contributed by atoms with E-state index in [1.54, 1.807) is 0 Å². The molecule has 2 heterocycles. The fraction of sp³-hybridized carbons (Fsp3) is 0.298. The number of fused-ring (bicyclic) bond motifs is 6. The van der Waals surface area contributed by atoms with Gasteiger partial charge in [-0.05, 0) is 66.6 Å². The Balaban J connectivity index is 0.000000259. The van der Waals surface area contributed by atoms with Crippen LogP contribution in [-0.2, 0) is 24.9 Å². The molecule has 0 spiro atoms. The predicted octanol–water partition coefficient (Wildman–Crippen LogP) is 13.1. The van der Waals surface area contributed by atoms with E-state index in [9.17, 15) is 9.90 Å². The summed E-state index contributed by atoms with van der Waals surface area (Å²) in [6.07, 6.45) is 4.75. The van der Waals surface area contributed by atoms with E-state index >= 15 is 0 Å². The minimum absolute atomic E-state index is 0. The third kappa shape index (κ3) is 7.58. The van der Waals surface area contributed by atoms with Crippen LogP contribution in [0.15, 0.2) is 107 Å². The zero-order valence-electron chi connectivity index (χ0n) is 32.1. The van der Waals surface area contributed by atoms with Crippen molar-refractivity contribution in [1.82, 2.24) is 9.97 Å². The quantitative estimate of drug-likeness (QED) is 0.0676. The number of aryl methyl sites for hydroxylation is 2.